The summed E-state index contributed by atoms with van der Waals surface area (Å²) in [5, 5.41) is 2.76. The number of carbonyl (C=O) groups excluding carboxylic acids is 1. The van der Waals surface area contributed by atoms with E-state index in [-0.39, 0.29) is 24.6 Å². The molecule has 3 aromatic rings. The van der Waals surface area contributed by atoms with Crippen molar-refractivity contribution in [3.8, 4) is 5.75 Å². The standard InChI is InChI=1S/C26H30N2O4S/c1-4-22-11-13-23(14-12-22)28(33(30,31)24-8-6-5-7-9-24)19-26(29)27-16-17-32-25-15-10-20(2)18-21(25)3/h5-15,18H,4,16-17,19H2,1-3H3,(H,27,29). The molecule has 0 bridgehead atoms. The van der Waals surface area contributed by atoms with Crippen LogP contribution < -0.4 is 14.4 Å². The lowest BCUT2D eigenvalue weighted by molar-refractivity contribution is -0.119. The van der Waals surface area contributed by atoms with Gasteiger partial charge in [0.25, 0.3) is 10.0 Å². The minimum Gasteiger partial charge on any atom is -0.491 e. The highest BCUT2D eigenvalue weighted by atomic mass is 32.2. The zero-order chi connectivity index (χ0) is 23.8. The highest BCUT2D eigenvalue weighted by Gasteiger charge is 2.27. The minimum absolute atomic E-state index is 0.135. The van der Waals surface area contributed by atoms with Gasteiger partial charge in [-0.15, -0.1) is 0 Å². The van der Waals surface area contributed by atoms with Crippen molar-refractivity contribution < 1.29 is 17.9 Å². The average Bonchev–Trinajstić information content (AvgIpc) is 2.82. The van der Waals surface area contributed by atoms with Crippen LogP contribution in [-0.4, -0.2) is 34.0 Å². The Morgan fingerprint density at radius 3 is 2.30 bits per heavy atom. The van der Waals surface area contributed by atoms with Crippen LogP contribution in [0.4, 0.5) is 5.69 Å². The van der Waals surface area contributed by atoms with E-state index in [4.69, 9.17) is 4.74 Å². The van der Waals surface area contributed by atoms with Crippen LogP contribution in [0, 0.1) is 13.8 Å². The lowest BCUT2D eigenvalue weighted by Crippen LogP contribution is -2.41. The fraction of sp³-hybridized carbons (Fsp3) is 0.269. The number of sulfonamides is 1. The summed E-state index contributed by atoms with van der Waals surface area (Å²) in [6.07, 6.45) is 0.840. The molecule has 0 aliphatic carbocycles. The Bertz CT molecular complexity index is 1180. The molecule has 0 saturated carbocycles. The van der Waals surface area contributed by atoms with Gasteiger partial charge >= 0.3 is 0 Å². The summed E-state index contributed by atoms with van der Waals surface area (Å²) in [6, 6.07) is 21.2. The number of carbonyl (C=O) groups is 1. The van der Waals surface area contributed by atoms with Crippen molar-refractivity contribution in [2.75, 3.05) is 24.0 Å². The van der Waals surface area contributed by atoms with Crippen molar-refractivity contribution in [1.29, 1.82) is 0 Å². The molecular weight excluding hydrogens is 436 g/mol. The van der Waals surface area contributed by atoms with Crippen LogP contribution in [-0.2, 0) is 21.2 Å². The molecule has 33 heavy (non-hydrogen) atoms. The second kappa shape index (κ2) is 11.0. The second-order valence-corrected chi connectivity index (χ2v) is 9.67. The van der Waals surface area contributed by atoms with Gasteiger partial charge in [0.1, 0.15) is 18.9 Å². The van der Waals surface area contributed by atoms with E-state index in [1.165, 1.54) is 12.1 Å². The van der Waals surface area contributed by atoms with Gasteiger partial charge in [-0.1, -0.05) is 55.0 Å². The van der Waals surface area contributed by atoms with Crippen molar-refractivity contribution in [3.63, 3.8) is 0 Å². The van der Waals surface area contributed by atoms with Gasteiger partial charge < -0.3 is 10.1 Å². The summed E-state index contributed by atoms with van der Waals surface area (Å²) < 4.78 is 33.5. The summed E-state index contributed by atoms with van der Waals surface area (Å²) in [4.78, 5) is 12.8. The number of rotatable bonds is 10. The van der Waals surface area contributed by atoms with Crippen LogP contribution in [0.2, 0.25) is 0 Å². The van der Waals surface area contributed by atoms with Crippen LogP contribution in [0.15, 0.2) is 77.7 Å². The molecule has 0 spiro atoms. The molecule has 0 aliphatic heterocycles. The number of amides is 1. The van der Waals surface area contributed by atoms with E-state index >= 15 is 0 Å². The van der Waals surface area contributed by atoms with E-state index in [1.807, 2.05) is 51.1 Å². The maximum atomic E-state index is 13.3. The quantitative estimate of drug-likeness (QED) is 0.453. The van der Waals surface area contributed by atoms with Crippen LogP contribution >= 0.6 is 0 Å². The number of nitrogens with zero attached hydrogens (tertiary/aromatic N) is 1. The molecule has 0 atom stereocenters. The van der Waals surface area contributed by atoms with Crippen molar-refractivity contribution in [1.82, 2.24) is 5.32 Å². The molecule has 7 heteroatoms. The van der Waals surface area contributed by atoms with Crippen molar-refractivity contribution in [2.24, 2.45) is 0 Å². The fourth-order valence-corrected chi connectivity index (χ4v) is 4.87. The molecule has 1 N–H and O–H groups in total. The Morgan fingerprint density at radius 2 is 1.67 bits per heavy atom. The first-order chi connectivity index (χ1) is 15.8. The largest absolute Gasteiger partial charge is 0.491 e. The fourth-order valence-electron chi connectivity index (χ4n) is 3.43. The van der Waals surface area contributed by atoms with E-state index in [1.54, 1.807) is 30.3 Å². The van der Waals surface area contributed by atoms with E-state index < -0.39 is 15.9 Å². The molecule has 1 amide bonds. The zero-order valence-corrected chi connectivity index (χ0v) is 20.1. The third-order valence-corrected chi connectivity index (χ3v) is 7.05. The summed E-state index contributed by atoms with van der Waals surface area (Å²) in [5.74, 6) is 0.359. The number of aryl methyl sites for hydroxylation is 3. The lowest BCUT2D eigenvalue weighted by Gasteiger charge is -2.24. The number of ether oxygens (including phenoxy) is 1. The lowest BCUT2D eigenvalue weighted by atomic mass is 10.1. The maximum absolute atomic E-state index is 13.3. The first-order valence-corrected chi connectivity index (χ1v) is 12.4. The summed E-state index contributed by atoms with van der Waals surface area (Å²) in [6.45, 7) is 6.23. The number of hydrogen-bond acceptors (Lipinski definition) is 4. The normalized spacial score (nSPS) is 11.1. The molecular formula is C26H30N2O4S. The Balaban J connectivity index is 1.69. The predicted octanol–water partition coefficient (Wildman–Crippen LogP) is 4.26. The van der Waals surface area contributed by atoms with Gasteiger partial charge in [-0.25, -0.2) is 8.42 Å². The number of benzene rings is 3. The summed E-state index contributed by atoms with van der Waals surface area (Å²) >= 11 is 0. The Hall–Kier alpha value is -3.32. The Labute approximate surface area is 196 Å². The SMILES string of the molecule is CCc1ccc(N(CC(=O)NCCOc2ccc(C)cc2C)S(=O)(=O)c2ccccc2)cc1. The van der Waals surface area contributed by atoms with Crippen molar-refractivity contribution >= 4 is 21.6 Å². The minimum atomic E-state index is -3.91. The van der Waals surface area contributed by atoms with Gasteiger partial charge in [-0.3, -0.25) is 9.10 Å². The van der Waals surface area contributed by atoms with Gasteiger partial charge in [0, 0.05) is 0 Å². The predicted molar refractivity (Wildman–Crippen MR) is 131 cm³/mol. The third kappa shape index (κ3) is 6.35. The van der Waals surface area contributed by atoms with Gasteiger partial charge in [-0.05, 0) is 61.7 Å². The summed E-state index contributed by atoms with van der Waals surface area (Å²) in [5.41, 5.74) is 3.71. The van der Waals surface area contributed by atoms with Crippen molar-refractivity contribution in [3.05, 3.63) is 89.5 Å². The molecule has 0 fully saturated rings. The molecule has 0 heterocycles. The molecule has 3 aromatic carbocycles. The molecule has 6 nitrogen and oxygen atoms in total. The van der Waals surface area contributed by atoms with E-state index in [2.05, 4.69) is 5.32 Å². The van der Waals surface area contributed by atoms with E-state index in [0.29, 0.717) is 5.69 Å². The zero-order valence-electron chi connectivity index (χ0n) is 19.2. The number of nitrogens with one attached hydrogen (secondary N) is 1. The summed E-state index contributed by atoms with van der Waals surface area (Å²) in [7, 11) is -3.91. The van der Waals surface area contributed by atoms with Crippen LogP contribution in [0.25, 0.3) is 0 Å². The number of anilines is 1. The van der Waals surface area contributed by atoms with Crippen LogP contribution in [0.1, 0.15) is 23.6 Å². The molecule has 0 aliphatic rings. The molecule has 0 unspecified atom stereocenters. The van der Waals surface area contributed by atoms with Gasteiger partial charge in [0.05, 0.1) is 17.1 Å². The number of hydrogen-bond donors (Lipinski definition) is 1. The van der Waals surface area contributed by atoms with Crippen molar-refractivity contribution in [2.45, 2.75) is 32.1 Å². The average molecular weight is 467 g/mol. The topological polar surface area (TPSA) is 75.7 Å². The van der Waals surface area contributed by atoms with Gasteiger partial charge in [0.2, 0.25) is 5.91 Å². The van der Waals surface area contributed by atoms with Crippen LogP contribution in [0.3, 0.4) is 0 Å². The molecule has 3 rings (SSSR count). The van der Waals surface area contributed by atoms with E-state index in [0.717, 1.165) is 33.2 Å². The van der Waals surface area contributed by atoms with Crippen LogP contribution in [0.5, 0.6) is 5.75 Å². The first-order valence-electron chi connectivity index (χ1n) is 10.9. The van der Waals surface area contributed by atoms with Gasteiger partial charge in [-0.2, -0.15) is 0 Å². The van der Waals surface area contributed by atoms with Gasteiger partial charge in [0.15, 0.2) is 0 Å². The Morgan fingerprint density at radius 1 is 0.970 bits per heavy atom. The second-order valence-electron chi connectivity index (χ2n) is 7.81. The highest BCUT2D eigenvalue weighted by Crippen LogP contribution is 2.24. The molecule has 0 aromatic heterocycles. The molecule has 0 saturated heterocycles. The first kappa shape index (κ1) is 24.3. The van der Waals surface area contributed by atoms with E-state index in [9.17, 15) is 13.2 Å². The monoisotopic (exact) mass is 466 g/mol. The molecule has 174 valence electrons. The maximum Gasteiger partial charge on any atom is 0.264 e. The highest BCUT2D eigenvalue weighted by molar-refractivity contribution is 7.92. The molecule has 0 radical (unpaired) electrons. The third-order valence-electron chi connectivity index (χ3n) is 5.26. The Kier molecular flexibility index (Phi) is 8.11. The smallest absolute Gasteiger partial charge is 0.264 e.